The van der Waals surface area contributed by atoms with Crippen LogP contribution in [0.2, 0.25) is 0 Å². The standard InChI is InChI=1S/C17H25N3O/c1-5-20(6-2)16-9-7-15(8-10-16)11-18-12-17-19-13(3)14(4)21-17/h7-10,18H,5-6,11-12H2,1-4H3. The van der Waals surface area contributed by atoms with Crippen molar-refractivity contribution in [3.63, 3.8) is 0 Å². The lowest BCUT2D eigenvalue weighted by Crippen LogP contribution is -2.21. The summed E-state index contributed by atoms with van der Waals surface area (Å²) in [6.07, 6.45) is 0. The first kappa shape index (κ1) is 15.6. The topological polar surface area (TPSA) is 41.3 Å². The van der Waals surface area contributed by atoms with Crippen LogP contribution in [0.25, 0.3) is 0 Å². The van der Waals surface area contributed by atoms with Gasteiger partial charge < -0.3 is 14.6 Å². The van der Waals surface area contributed by atoms with Crippen LogP contribution in [0.5, 0.6) is 0 Å². The number of anilines is 1. The molecule has 0 saturated carbocycles. The molecule has 1 aromatic heterocycles. The van der Waals surface area contributed by atoms with Crippen LogP contribution >= 0.6 is 0 Å². The van der Waals surface area contributed by atoms with Gasteiger partial charge in [0.2, 0.25) is 5.89 Å². The zero-order valence-corrected chi connectivity index (χ0v) is 13.4. The third-order valence-electron chi connectivity index (χ3n) is 3.74. The molecule has 2 rings (SSSR count). The Hall–Kier alpha value is -1.81. The van der Waals surface area contributed by atoms with Gasteiger partial charge in [-0.15, -0.1) is 0 Å². The summed E-state index contributed by atoms with van der Waals surface area (Å²) in [5.41, 5.74) is 3.52. The van der Waals surface area contributed by atoms with Gasteiger partial charge in [-0.2, -0.15) is 0 Å². The van der Waals surface area contributed by atoms with Crippen molar-refractivity contribution < 1.29 is 4.42 Å². The third-order valence-corrected chi connectivity index (χ3v) is 3.74. The fourth-order valence-corrected chi connectivity index (χ4v) is 2.34. The second-order valence-corrected chi connectivity index (χ2v) is 5.19. The second-order valence-electron chi connectivity index (χ2n) is 5.19. The molecule has 0 spiro atoms. The molecule has 0 aliphatic carbocycles. The molecule has 0 amide bonds. The van der Waals surface area contributed by atoms with Crippen molar-refractivity contribution in [1.29, 1.82) is 0 Å². The molecule has 0 aliphatic rings. The molecule has 0 radical (unpaired) electrons. The first-order chi connectivity index (χ1) is 10.1. The maximum Gasteiger partial charge on any atom is 0.208 e. The van der Waals surface area contributed by atoms with E-state index in [2.05, 4.69) is 53.3 Å². The van der Waals surface area contributed by atoms with Crippen molar-refractivity contribution in [2.75, 3.05) is 18.0 Å². The third kappa shape index (κ3) is 4.08. The van der Waals surface area contributed by atoms with Crippen LogP contribution in [0.4, 0.5) is 5.69 Å². The Kier molecular flexibility index (Phi) is 5.39. The van der Waals surface area contributed by atoms with E-state index in [0.29, 0.717) is 6.54 Å². The van der Waals surface area contributed by atoms with Crippen LogP contribution in [-0.4, -0.2) is 18.1 Å². The lowest BCUT2D eigenvalue weighted by Gasteiger charge is -2.21. The highest BCUT2D eigenvalue weighted by atomic mass is 16.4. The van der Waals surface area contributed by atoms with Gasteiger partial charge in [-0.25, -0.2) is 4.98 Å². The summed E-state index contributed by atoms with van der Waals surface area (Å²) < 4.78 is 5.55. The zero-order valence-electron chi connectivity index (χ0n) is 13.4. The van der Waals surface area contributed by atoms with Crippen LogP contribution in [0.15, 0.2) is 28.7 Å². The van der Waals surface area contributed by atoms with Crippen LogP contribution in [0.1, 0.15) is 36.8 Å². The number of rotatable bonds is 7. The molecule has 0 saturated heterocycles. The number of hydrogen-bond donors (Lipinski definition) is 1. The molecule has 0 unspecified atom stereocenters. The number of nitrogens with one attached hydrogen (secondary N) is 1. The van der Waals surface area contributed by atoms with E-state index in [1.54, 1.807) is 0 Å². The summed E-state index contributed by atoms with van der Waals surface area (Å²) >= 11 is 0. The van der Waals surface area contributed by atoms with Crippen molar-refractivity contribution in [3.8, 4) is 0 Å². The Bertz CT molecular complexity index is 536. The second kappa shape index (κ2) is 7.27. The molecule has 0 bridgehead atoms. The molecule has 4 nitrogen and oxygen atoms in total. The molecule has 2 aromatic rings. The minimum Gasteiger partial charge on any atom is -0.444 e. The molecule has 1 heterocycles. The smallest absolute Gasteiger partial charge is 0.208 e. The average molecular weight is 287 g/mol. The van der Waals surface area contributed by atoms with Gasteiger partial charge in [0.05, 0.1) is 12.2 Å². The summed E-state index contributed by atoms with van der Waals surface area (Å²) in [5.74, 6) is 1.65. The van der Waals surface area contributed by atoms with Crippen molar-refractivity contribution in [3.05, 3.63) is 47.2 Å². The molecule has 0 aliphatic heterocycles. The molecule has 0 atom stereocenters. The van der Waals surface area contributed by atoms with E-state index in [9.17, 15) is 0 Å². The van der Waals surface area contributed by atoms with Crippen LogP contribution < -0.4 is 10.2 Å². The molecule has 21 heavy (non-hydrogen) atoms. The Morgan fingerprint density at radius 2 is 1.71 bits per heavy atom. The highest BCUT2D eigenvalue weighted by Gasteiger charge is 2.05. The lowest BCUT2D eigenvalue weighted by molar-refractivity contribution is 0.448. The highest BCUT2D eigenvalue weighted by molar-refractivity contribution is 5.47. The predicted octanol–water partition coefficient (Wildman–Crippen LogP) is 3.43. The van der Waals surface area contributed by atoms with Crippen molar-refractivity contribution in [2.45, 2.75) is 40.8 Å². The minimum absolute atomic E-state index is 0.659. The van der Waals surface area contributed by atoms with E-state index in [-0.39, 0.29) is 0 Å². The number of aromatic nitrogens is 1. The van der Waals surface area contributed by atoms with E-state index in [1.165, 1.54) is 11.3 Å². The molecular formula is C17H25N3O. The number of oxazole rings is 1. The molecule has 0 fully saturated rings. The van der Waals surface area contributed by atoms with E-state index in [0.717, 1.165) is 37.0 Å². The SMILES string of the molecule is CCN(CC)c1ccc(CNCc2nc(C)c(C)o2)cc1. The van der Waals surface area contributed by atoms with Gasteiger partial charge in [-0.05, 0) is 45.4 Å². The van der Waals surface area contributed by atoms with Crippen molar-refractivity contribution in [1.82, 2.24) is 10.3 Å². The average Bonchev–Trinajstić information content (AvgIpc) is 2.80. The van der Waals surface area contributed by atoms with Crippen LogP contribution in [-0.2, 0) is 13.1 Å². The lowest BCUT2D eigenvalue weighted by atomic mass is 10.2. The first-order valence-electron chi connectivity index (χ1n) is 7.61. The Morgan fingerprint density at radius 3 is 2.24 bits per heavy atom. The summed E-state index contributed by atoms with van der Waals surface area (Å²) in [6.45, 7) is 11.8. The number of nitrogens with zero attached hydrogens (tertiary/aromatic N) is 2. The fourth-order valence-electron chi connectivity index (χ4n) is 2.34. The molecule has 114 valence electrons. The first-order valence-corrected chi connectivity index (χ1v) is 7.61. The van der Waals surface area contributed by atoms with Crippen molar-refractivity contribution >= 4 is 5.69 Å². The fraction of sp³-hybridized carbons (Fsp3) is 0.471. The van der Waals surface area contributed by atoms with Crippen molar-refractivity contribution in [2.24, 2.45) is 0 Å². The molecule has 1 N–H and O–H groups in total. The van der Waals surface area contributed by atoms with E-state index in [1.807, 2.05) is 13.8 Å². The van der Waals surface area contributed by atoms with Gasteiger partial charge in [-0.1, -0.05) is 12.1 Å². The number of hydrogen-bond acceptors (Lipinski definition) is 4. The van der Waals surface area contributed by atoms with Gasteiger partial charge >= 0.3 is 0 Å². The number of benzene rings is 1. The molecule has 4 heteroatoms. The quantitative estimate of drug-likeness (QED) is 0.847. The monoisotopic (exact) mass is 287 g/mol. The van der Waals surface area contributed by atoms with E-state index >= 15 is 0 Å². The summed E-state index contributed by atoms with van der Waals surface area (Å²) in [7, 11) is 0. The Morgan fingerprint density at radius 1 is 1.05 bits per heavy atom. The minimum atomic E-state index is 0.659. The maximum atomic E-state index is 5.55. The van der Waals surface area contributed by atoms with Crippen LogP contribution in [0, 0.1) is 13.8 Å². The largest absolute Gasteiger partial charge is 0.444 e. The Labute approximate surface area is 127 Å². The maximum absolute atomic E-state index is 5.55. The molecular weight excluding hydrogens is 262 g/mol. The van der Waals surface area contributed by atoms with Gasteiger partial charge in [-0.3, -0.25) is 0 Å². The Balaban J connectivity index is 1.86. The molecule has 1 aromatic carbocycles. The van der Waals surface area contributed by atoms with E-state index in [4.69, 9.17) is 4.42 Å². The summed E-state index contributed by atoms with van der Waals surface area (Å²) in [6, 6.07) is 8.71. The van der Waals surface area contributed by atoms with Gasteiger partial charge in [0.25, 0.3) is 0 Å². The summed E-state index contributed by atoms with van der Waals surface area (Å²) in [5, 5.41) is 3.37. The zero-order chi connectivity index (χ0) is 15.2. The van der Waals surface area contributed by atoms with Gasteiger partial charge in [0.1, 0.15) is 5.76 Å². The van der Waals surface area contributed by atoms with Gasteiger partial charge in [0.15, 0.2) is 0 Å². The summed E-state index contributed by atoms with van der Waals surface area (Å²) in [4.78, 5) is 6.71. The number of aryl methyl sites for hydroxylation is 2. The van der Waals surface area contributed by atoms with E-state index < -0.39 is 0 Å². The highest BCUT2D eigenvalue weighted by Crippen LogP contribution is 2.15. The van der Waals surface area contributed by atoms with Gasteiger partial charge in [0, 0.05) is 25.3 Å². The van der Waals surface area contributed by atoms with Crippen LogP contribution in [0.3, 0.4) is 0 Å². The predicted molar refractivity (Wildman–Crippen MR) is 86.5 cm³/mol. The normalized spacial score (nSPS) is 10.9.